The monoisotopic (exact) mass is 827 g/mol. The van der Waals surface area contributed by atoms with Gasteiger partial charge in [0.1, 0.15) is 13.2 Å². The lowest BCUT2D eigenvalue weighted by Crippen LogP contribution is -2.30. The molecule has 1 unspecified atom stereocenters. The Bertz CT molecular complexity index is 1040. The topological polar surface area (TPSA) is 78.9 Å². The molecule has 1 atom stereocenters. The summed E-state index contributed by atoms with van der Waals surface area (Å²) in [6.45, 7) is 6.49. The molecule has 0 spiro atoms. The molecule has 0 aromatic rings. The SMILES string of the molecule is CC/C=C\C/C=C\C/C=C\CCCCCCC(=O)OC(COC(=O)CCCCCCC/C=C\CCCCCCCCCCC)COC(=O)CCCCCCCCCCC. The van der Waals surface area contributed by atoms with Crippen LogP contribution in [0.5, 0.6) is 0 Å². The molecule has 0 heterocycles. The number of unbranched alkanes of at least 4 members (excludes halogenated alkanes) is 26. The highest BCUT2D eigenvalue weighted by Gasteiger charge is 2.19. The quantitative estimate of drug-likeness (QED) is 0.0263. The van der Waals surface area contributed by atoms with Gasteiger partial charge < -0.3 is 14.2 Å². The van der Waals surface area contributed by atoms with Gasteiger partial charge in [-0.3, -0.25) is 14.4 Å². The van der Waals surface area contributed by atoms with Gasteiger partial charge in [0, 0.05) is 19.3 Å². The van der Waals surface area contributed by atoms with Crippen LogP contribution in [0.2, 0.25) is 0 Å². The number of carbonyl (C=O) groups is 3. The summed E-state index contributed by atoms with van der Waals surface area (Å²) in [6, 6.07) is 0. The third-order valence-corrected chi connectivity index (χ3v) is 10.8. The van der Waals surface area contributed by atoms with E-state index >= 15 is 0 Å². The zero-order chi connectivity index (χ0) is 43.0. The van der Waals surface area contributed by atoms with E-state index in [1.165, 1.54) is 116 Å². The Labute approximate surface area is 365 Å². The van der Waals surface area contributed by atoms with E-state index in [1.807, 2.05) is 0 Å². The minimum atomic E-state index is -0.784. The first kappa shape index (κ1) is 56.4. The van der Waals surface area contributed by atoms with Crippen LogP contribution in [0.3, 0.4) is 0 Å². The van der Waals surface area contributed by atoms with Crippen LogP contribution in [0.4, 0.5) is 0 Å². The number of allylic oxidation sites excluding steroid dienone is 8. The second-order valence-electron chi connectivity index (χ2n) is 16.7. The second kappa shape index (κ2) is 48.0. The third kappa shape index (κ3) is 46.3. The molecule has 59 heavy (non-hydrogen) atoms. The third-order valence-electron chi connectivity index (χ3n) is 10.8. The van der Waals surface area contributed by atoms with E-state index in [4.69, 9.17) is 14.2 Å². The summed E-state index contributed by atoms with van der Waals surface area (Å²) < 4.78 is 16.7. The number of hydrogen-bond acceptors (Lipinski definition) is 6. The van der Waals surface area contributed by atoms with E-state index in [0.717, 1.165) is 96.3 Å². The van der Waals surface area contributed by atoms with Crippen molar-refractivity contribution >= 4 is 17.9 Å². The van der Waals surface area contributed by atoms with Gasteiger partial charge in [0.25, 0.3) is 0 Å². The Hall–Kier alpha value is -2.63. The van der Waals surface area contributed by atoms with Crippen LogP contribution in [-0.4, -0.2) is 37.2 Å². The number of rotatable bonds is 45. The molecule has 0 N–H and O–H groups in total. The fourth-order valence-corrected chi connectivity index (χ4v) is 7.04. The number of hydrogen-bond donors (Lipinski definition) is 0. The molecule has 0 amide bonds. The Balaban J connectivity index is 4.34. The molecule has 0 aliphatic heterocycles. The van der Waals surface area contributed by atoms with Crippen LogP contribution in [0.25, 0.3) is 0 Å². The van der Waals surface area contributed by atoms with Crippen LogP contribution in [0, 0.1) is 0 Å². The van der Waals surface area contributed by atoms with Gasteiger partial charge in [0.2, 0.25) is 0 Å². The number of ether oxygens (including phenoxy) is 3. The predicted molar refractivity (Wildman–Crippen MR) is 252 cm³/mol. The van der Waals surface area contributed by atoms with E-state index in [2.05, 4.69) is 69.4 Å². The first-order valence-corrected chi connectivity index (χ1v) is 25.1. The molecule has 0 aliphatic carbocycles. The van der Waals surface area contributed by atoms with Gasteiger partial charge in [0.15, 0.2) is 6.10 Å². The van der Waals surface area contributed by atoms with Crippen molar-refractivity contribution in [2.45, 2.75) is 258 Å². The van der Waals surface area contributed by atoms with Crippen LogP contribution in [-0.2, 0) is 28.6 Å². The summed E-state index contributed by atoms with van der Waals surface area (Å²) >= 11 is 0. The van der Waals surface area contributed by atoms with Crippen LogP contribution in [0.15, 0.2) is 48.6 Å². The Kier molecular flexibility index (Phi) is 45.9. The van der Waals surface area contributed by atoms with Crippen LogP contribution in [0.1, 0.15) is 252 Å². The van der Waals surface area contributed by atoms with Crippen molar-refractivity contribution in [2.75, 3.05) is 13.2 Å². The highest BCUT2D eigenvalue weighted by molar-refractivity contribution is 5.71. The van der Waals surface area contributed by atoms with E-state index in [0.29, 0.717) is 19.3 Å². The summed E-state index contributed by atoms with van der Waals surface area (Å²) in [5, 5.41) is 0. The number of esters is 3. The molecular formula is C53H94O6. The van der Waals surface area contributed by atoms with Crippen molar-refractivity contribution in [1.29, 1.82) is 0 Å². The van der Waals surface area contributed by atoms with Gasteiger partial charge in [-0.15, -0.1) is 0 Å². The average Bonchev–Trinajstić information content (AvgIpc) is 3.23. The maximum Gasteiger partial charge on any atom is 0.306 e. The largest absolute Gasteiger partial charge is 0.462 e. The van der Waals surface area contributed by atoms with Gasteiger partial charge in [-0.25, -0.2) is 0 Å². The molecule has 6 nitrogen and oxygen atoms in total. The van der Waals surface area contributed by atoms with Crippen molar-refractivity contribution in [3.8, 4) is 0 Å². The van der Waals surface area contributed by atoms with Gasteiger partial charge in [0.05, 0.1) is 0 Å². The second-order valence-corrected chi connectivity index (χ2v) is 16.7. The molecule has 0 bridgehead atoms. The van der Waals surface area contributed by atoms with Crippen LogP contribution < -0.4 is 0 Å². The number of carbonyl (C=O) groups excluding carboxylic acids is 3. The zero-order valence-electron chi connectivity index (χ0n) is 39.0. The summed E-state index contributed by atoms with van der Waals surface area (Å²) in [7, 11) is 0. The van der Waals surface area contributed by atoms with Crippen molar-refractivity contribution < 1.29 is 28.6 Å². The van der Waals surface area contributed by atoms with Gasteiger partial charge in [-0.05, 0) is 77.0 Å². The highest BCUT2D eigenvalue weighted by Crippen LogP contribution is 2.14. The lowest BCUT2D eigenvalue weighted by Gasteiger charge is -2.18. The maximum absolute atomic E-state index is 12.7. The molecule has 0 rings (SSSR count). The average molecular weight is 827 g/mol. The molecule has 342 valence electrons. The Morgan fingerprint density at radius 3 is 1.05 bits per heavy atom. The Morgan fingerprint density at radius 2 is 0.661 bits per heavy atom. The normalized spacial score (nSPS) is 12.4. The molecule has 0 fully saturated rings. The fourth-order valence-electron chi connectivity index (χ4n) is 7.04. The van der Waals surface area contributed by atoms with Crippen molar-refractivity contribution in [1.82, 2.24) is 0 Å². The summed E-state index contributed by atoms with van der Waals surface area (Å²) in [4.78, 5) is 37.8. The zero-order valence-corrected chi connectivity index (χ0v) is 39.0. The van der Waals surface area contributed by atoms with E-state index in [-0.39, 0.29) is 31.1 Å². The smallest absolute Gasteiger partial charge is 0.306 e. The first-order chi connectivity index (χ1) is 29.0. The first-order valence-electron chi connectivity index (χ1n) is 25.1. The van der Waals surface area contributed by atoms with Crippen molar-refractivity contribution in [3.05, 3.63) is 48.6 Å². The predicted octanol–water partition coefficient (Wildman–Crippen LogP) is 16.3. The molecule has 0 saturated carbocycles. The minimum absolute atomic E-state index is 0.0834. The summed E-state index contributed by atoms with van der Waals surface area (Å²) in [6.07, 6.45) is 56.7. The van der Waals surface area contributed by atoms with E-state index in [1.54, 1.807) is 0 Å². The van der Waals surface area contributed by atoms with Crippen LogP contribution >= 0.6 is 0 Å². The molecule has 0 radical (unpaired) electrons. The maximum atomic E-state index is 12.7. The molecule has 6 heteroatoms. The van der Waals surface area contributed by atoms with Gasteiger partial charge >= 0.3 is 17.9 Å². The van der Waals surface area contributed by atoms with Gasteiger partial charge in [-0.1, -0.05) is 204 Å². The van der Waals surface area contributed by atoms with E-state index in [9.17, 15) is 14.4 Å². The van der Waals surface area contributed by atoms with Gasteiger partial charge in [-0.2, -0.15) is 0 Å². The summed E-state index contributed by atoms with van der Waals surface area (Å²) in [5.41, 5.74) is 0. The standard InChI is InChI=1S/C53H94O6/c1-4-7-10-13-16-19-21-23-25-26-27-28-30-31-34-37-40-43-46-52(55)58-49-50(48-57-51(54)45-42-39-36-33-18-15-12-9-6-3)59-53(56)47-44-41-38-35-32-29-24-22-20-17-14-11-8-5-2/h8,11,17,20,24,27-29,50H,4-7,9-10,12-16,18-19,21-23,25-26,30-49H2,1-3H3/b11-8-,20-17-,28-27-,29-24-. The van der Waals surface area contributed by atoms with Crippen molar-refractivity contribution in [3.63, 3.8) is 0 Å². The molecule has 0 aromatic heterocycles. The molecular weight excluding hydrogens is 733 g/mol. The van der Waals surface area contributed by atoms with Crippen molar-refractivity contribution in [2.24, 2.45) is 0 Å². The fraction of sp³-hybridized carbons (Fsp3) is 0.792. The Morgan fingerprint density at radius 1 is 0.356 bits per heavy atom. The molecule has 0 saturated heterocycles. The highest BCUT2D eigenvalue weighted by atomic mass is 16.6. The lowest BCUT2D eigenvalue weighted by atomic mass is 10.1. The summed E-state index contributed by atoms with van der Waals surface area (Å²) in [5.74, 6) is -0.913. The molecule has 0 aromatic carbocycles. The van der Waals surface area contributed by atoms with E-state index < -0.39 is 6.10 Å². The molecule has 0 aliphatic rings. The lowest BCUT2D eigenvalue weighted by molar-refractivity contribution is -0.167. The minimum Gasteiger partial charge on any atom is -0.462 e.